The maximum Gasteiger partial charge on any atom is 0.416 e. The molecule has 0 N–H and O–H groups in total. The van der Waals surface area contributed by atoms with Gasteiger partial charge in [0.05, 0.1) is 16.7 Å². The molecule has 4 rings (SSSR count). The fraction of sp³-hybridized carbons (Fsp3) is 0.296. The molecule has 36 heavy (non-hydrogen) atoms. The van der Waals surface area contributed by atoms with Crippen LogP contribution in [0.1, 0.15) is 43.7 Å². The topological polar surface area (TPSA) is 20.3 Å². The van der Waals surface area contributed by atoms with Crippen LogP contribution in [0.5, 0.6) is 0 Å². The highest BCUT2D eigenvalue weighted by molar-refractivity contribution is 5.92. The van der Waals surface area contributed by atoms with E-state index in [1.807, 2.05) is 43.3 Å². The fourth-order valence-electron chi connectivity index (χ4n) is 4.76. The molecule has 0 saturated heterocycles. The summed E-state index contributed by atoms with van der Waals surface area (Å²) in [6.45, 7) is 0.703. The van der Waals surface area contributed by atoms with Crippen molar-refractivity contribution in [1.29, 1.82) is 0 Å². The van der Waals surface area contributed by atoms with Gasteiger partial charge in [-0.05, 0) is 43.9 Å². The predicted molar refractivity (Wildman–Crippen MR) is 122 cm³/mol. The van der Waals surface area contributed by atoms with Gasteiger partial charge in [0.25, 0.3) is 0 Å². The number of fused-ring (bicyclic) bond motifs is 1. The zero-order valence-electron chi connectivity index (χ0n) is 19.7. The van der Waals surface area contributed by atoms with Crippen LogP contribution in [0.3, 0.4) is 0 Å². The van der Waals surface area contributed by atoms with E-state index in [2.05, 4.69) is 0 Å². The van der Waals surface area contributed by atoms with Crippen LogP contribution in [-0.2, 0) is 38.5 Å². The van der Waals surface area contributed by atoms with Gasteiger partial charge in [0.15, 0.2) is 0 Å². The first-order valence-corrected chi connectivity index (χ1v) is 11.3. The van der Waals surface area contributed by atoms with Crippen LogP contribution in [0.2, 0.25) is 0 Å². The number of carbonyl (C=O) groups is 1. The van der Waals surface area contributed by atoms with E-state index in [9.17, 15) is 31.1 Å². The quantitative estimate of drug-likeness (QED) is 0.275. The van der Waals surface area contributed by atoms with E-state index in [4.69, 9.17) is 0 Å². The highest BCUT2D eigenvalue weighted by Gasteiger charge is 2.46. The summed E-state index contributed by atoms with van der Waals surface area (Å²) >= 11 is 0. The van der Waals surface area contributed by atoms with Gasteiger partial charge < -0.3 is 4.90 Å². The third-order valence-electron chi connectivity index (χ3n) is 6.29. The van der Waals surface area contributed by atoms with Crippen LogP contribution in [0.4, 0.5) is 26.3 Å². The van der Waals surface area contributed by atoms with Crippen molar-refractivity contribution in [3.63, 3.8) is 0 Å². The number of nitrogens with zero attached hydrogens (tertiary/aromatic N) is 2. The van der Waals surface area contributed by atoms with Gasteiger partial charge in [-0.2, -0.15) is 26.3 Å². The van der Waals surface area contributed by atoms with Crippen molar-refractivity contribution in [3.05, 3.63) is 106 Å². The van der Waals surface area contributed by atoms with Crippen LogP contribution in [0, 0.1) is 0 Å². The Morgan fingerprint density at radius 3 is 1.81 bits per heavy atom. The van der Waals surface area contributed by atoms with Crippen molar-refractivity contribution in [2.75, 3.05) is 14.1 Å². The minimum absolute atomic E-state index is 0.109. The Bertz CT molecular complexity index is 1230. The Balaban J connectivity index is 1.76. The number of amides is 1. The number of carbonyl (C=O) groups excluding carboxylic acids is 1. The molecule has 0 spiro atoms. The molecule has 190 valence electrons. The molecule has 1 heterocycles. The molecule has 0 saturated carbocycles. The second-order valence-corrected chi connectivity index (χ2v) is 9.55. The Kier molecular flexibility index (Phi) is 6.74. The highest BCUT2D eigenvalue weighted by Crippen LogP contribution is 2.39. The van der Waals surface area contributed by atoms with Crippen LogP contribution in [0.15, 0.2) is 66.7 Å². The SMILES string of the molecule is CN(C)Cc1ccc(C[N+]2(Cc3cc(C(F)(F)F)cc(C(F)(F)F)c3)Cc3ccccc3C2=O)cc1. The number of halogens is 6. The van der Waals surface area contributed by atoms with Gasteiger partial charge in [-0.15, -0.1) is 0 Å². The second kappa shape index (κ2) is 9.37. The first kappa shape index (κ1) is 25.9. The average Bonchev–Trinajstić information content (AvgIpc) is 3.05. The number of alkyl halides is 6. The van der Waals surface area contributed by atoms with E-state index in [0.717, 1.165) is 16.7 Å². The van der Waals surface area contributed by atoms with Gasteiger partial charge in [-0.1, -0.05) is 42.5 Å². The Labute approximate surface area is 205 Å². The Hall–Kier alpha value is -3.17. The van der Waals surface area contributed by atoms with Crippen molar-refractivity contribution in [1.82, 2.24) is 4.90 Å². The van der Waals surface area contributed by atoms with Crippen molar-refractivity contribution < 1.29 is 35.6 Å². The van der Waals surface area contributed by atoms with Gasteiger partial charge >= 0.3 is 18.3 Å². The zero-order chi connectivity index (χ0) is 26.3. The minimum Gasteiger partial charge on any atom is -0.305 e. The summed E-state index contributed by atoms with van der Waals surface area (Å²) in [5, 5.41) is 0. The smallest absolute Gasteiger partial charge is 0.305 e. The number of quaternary nitrogens is 1. The van der Waals surface area contributed by atoms with Crippen LogP contribution in [-0.4, -0.2) is 29.4 Å². The lowest BCUT2D eigenvalue weighted by molar-refractivity contribution is -0.885. The first-order valence-electron chi connectivity index (χ1n) is 11.3. The zero-order valence-corrected chi connectivity index (χ0v) is 19.7. The molecule has 1 atom stereocenters. The predicted octanol–water partition coefficient (Wildman–Crippen LogP) is 6.66. The molecule has 0 fully saturated rings. The Morgan fingerprint density at radius 1 is 0.750 bits per heavy atom. The summed E-state index contributed by atoms with van der Waals surface area (Å²) < 4.78 is 80.5. The molecule has 3 aromatic carbocycles. The van der Waals surface area contributed by atoms with Crippen molar-refractivity contribution >= 4 is 5.91 Å². The van der Waals surface area contributed by atoms with E-state index in [-0.39, 0.29) is 41.7 Å². The molecule has 0 radical (unpaired) electrons. The van der Waals surface area contributed by atoms with Crippen molar-refractivity contribution in [3.8, 4) is 0 Å². The molecule has 3 aromatic rings. The highest BCUT2D eigenvalue weighted by atomic mass is 19.4. The van der Waals surface area contributed by atoms with Crippen LogP contribution < -0.4 is 0 Å². The lowest BCUT2D eigenvalue weighted by Crippen LogP contribution is -2.46. The molecule has 1 amide bonds. The molecular formula is C27H25F6N2O+. The fourth-order valence-corrected chi connectivity index (χ4v) is 4.76. The molecule has 1 aliphatic rings. The maximum atomic E-state index is 13.6. The third-order valence-corrected chi connectivity index (χ3v) is 6.29. The van der Waals surface area contributed by atoms with E-state index < -0.39 is 23.5 Å². The molecule has 3 nitrogen and oxygen atoms in total. The number of hydrogen-bond donors (Lipinski definition) is 0. The van der Waals surface area contributed by atoms with E-state index in [1.54, 1.807) is 24.3 Å². The first-order chi connectivity index (χ1) is 16.8. The lowest BCUT2D eigenvalue weighted by Gasteiger charge is -2.32. The minimum atomic E-state index is -4.96. The lowest BCUT2D eigenvalue weighted by atomic mass is 10.0. The summed E-state index contributed by atoms with van der Waals surface area (Å²) in [5.74, 6) is -0.325. The summed E-state index contributed by atoms with van der Waals surface area (Å²) in [5.41, 5.74) is -0.00639. The molecule has 0 aromatic heterocycles. The van der Waals surface area contributed by atoms with Crippen LogP contribution >= 0.6 is 0 Å². The molecular weight excluding hydrogens is 482 g/mol. The number of benzene rings is 3. The maximum absolute atomic E-state index is 13.6. The van der Waals surface area contributed by atoms with Gasteiger partial charge in [-0.3, -0.25) is 0 Å². The standard InChI is InChI=1S/C27H25F6N2O/c1-34(2)14-18-7-9-19(10-8-18)15-35(17-21-5-3-4-6-24(21)25(35)36)16-20-11-22(26(28,29)30)13-23(12-20)27(31,32)33/h3-13H,14-17H2,1-2H3/q+1. The van der Waals surface area contributed by atoms with E-state index >= 15 is 0 Å². The number of hydrogen-bond acceptors (Lipinski definition) is 2. The Morgan fingerprint density at radius 2 is 1.28 bits per heavy atom. The van der Waals surface area contributed by atoms with Crippen molar-refractivity contribution in [2.45, 2.75) is 38.5 Å². The summed E-state index contributed by atoms with van der Waals surface area (Å²) in [6, 6.07) is 15.9. The van der Waals surface area contributed by atoms with Gasteiger partial charge in [0.1, 0.15) is 19.6 Å². The summed E-state index contributed by atoms with van der Waals surface area (Å²) in [6.07, 6.45) is -9.91. The summed E-state index contributed by atoms with van der Waals surface area (Å²) in [4.78, 5) is 15.6. The van der Waals surface area contributed by atoms with Crippen molar-refractivity contribution in [2.24, 2.45) is 0 Å². The molecule has 1 aliphatic heterocycles. The monoisotopic (exact) mass is 507 g/mol. The summed E-state index contributed by atoms with van der Waals surface area (Å²) in [7, 11) is 3.86. The van der Waals surface area contributed by atoms with Gasteiger partial charge in [0, 0.05) is 23.2 Å². The normalized spacial score (nSPS) is 18.1. The molecule has 0 aliphatic carbocycles. The van der Waals surface area contributed by atoms with Gasteiger partial charge in [-0.25, -0.2) is 9.28 Å². The molecule has 9 heteroatoms. The average molecular weight is 507 g/mol. The second-order valence-electron chi connectivity index (χ2n) is 9.55. The third kappa shape index (κ3) is 5.47. The van der Waals surface area contributed by atoms with Gasteiger partial charge in [0.2, 0.25) is 0 Å². The van der Waals surface area contributed by atoms with Crippen LogP contribution in [0.25, 0.3) is 0 Å². The molecule has 0 bridgehead atoms. The largest absolute Gasteiger partial charge is 0.416 e. The number of rotatable bonds is 6. The molecule has 1 unspecified atom stereocenters. The van der Waals surface area contributed by atoms with E-state index in [0.29, 0.717) is 24.2 Å². The van der Waals surface area contributed by atoms with E-state index in [1.165, 1.54) is 0 Å².